The van der Waals surface area contributed by atoms with E-state index in [2.05, 4.69) is 40.3 Å². The molecule has 0 bridgehead atoms. The largest absolute Gasteiger partial charge is 0.460 e. The Morgan fingerprint density at radius 1 is 1.24 bits per heavy atom. The molecule has 0 amide bonds. The fraction of sp³-hybridized carbons (Fsp3) is 0.828. The fourth-order valence-electron chi connectivity index (χ4n) is 8.26. The summed E-state index contributed by atoms with van der Waals surface area (Å²) in [6.07, 6.45) is 3.57. The Labute approximate surface area is 222 Å². The van der Waals surface area contributed by atoms with Crippen molar-refractivity contribution >= 4 is 16.1 Å². The van der Waals surface area contributed by atoms with Gasteiger partial charge in [0.05, 0.1) is 11.9 Å². The van der Waals surface area contributed by atoms with E-state index in [1.54, 1.807) is 6.92 Å². The van der Waals surface area contributed by atoms with E-state index in [0.717, 1.165) is 12.8 Å². The SMILES string of the molecule is C=C1C2CC3C(C(C)C)C(OS(=O)(=O)CCCC)CC3(C)CC2C(C)=CCC2C(C)OC(=O)C(O)C12O. The lowest BCUT2D eigenvalue weighted by molar-refractivity contribution is -0.209. The third-order valence-corrected chi connectivity index (χ3v) is 11.6. The van der Waals surface area contributed by atoms with Crippen molar-refractivity contribution in [1.29, 1.82) is 0 Å². The van der Waals surface area contributed by atoms with E-state index >= 15 is 0 Å². The van der Waals surface area contributed by atoms with Gasteiger partial charge in [-0.25, -0.2) is 4.79 Å². The number of hydrogen-bond acceptors (Lipinski definition) is 7. The summed E-state index contributed by atoms with van der Waals surface area (Å²) in [5, 5.41) is 22.9. The molecule has 0 radical (unpaired) electrons. The lowest BCUT2D eigenvalue weighted by Gasteiger charge is -2.54. The zero-order valence-electron chi connectivity index (χ0n) is 23.3. The van der Waals surface area contributed by atoms with E-state index in [9.17, 15) is 23.4 Å². The highest BCUT2D eigenvalue weighted by Gasteiger charge is 2.62. The second-order valence-electron chi connectivity index (χ2n) is 12.9. The van der Waals surface area contributed by atoms with E-state index in [1.807, 2.05) is 6.92 Å². The number of carbonyl (C=O) groups excluding carboxylic acids is 1. The van der Waals surface area contributed by atoms with Crippen molar-refractivity contribution in [2.45, 2.75) is 104 Å². The molecule has 210 valence electrons. The monoisotopic (exact) mass is 538 g/mol. The van der Waals surface area contributed by atoms with Crippen LogP contribution in [0, 0.1) is 40.9 Å². The number of ether oxygens (including phenoxy) is 1. The van der Waals surface area contributed by atoms with Gasteiger partial charge in [-0.3, -0.25) is 4.18 Å². The van der Waals surface area contributed by atoms with Crippen LogP contribution in [0.3, 0.4) is 0 Å². The predicted octanol–water partition coefficient (Wildman–Crippen LogP) is 4.39. The van der Waals surface area contributed by atoms with Gasteiger partial charge in [0, 0.05) is 5.92 Å². The van der Waals surface area contributed by atoms with E-state index in [1.165, 1.54) is 5.57 Å². The molecule has 10 atom stereocenters. The van der Waals surface area contributed by atoms with Crippen LogP contribution in [0.25, 0.3) is 0 Å². The summed E-state index contributed by atoms with van der Waals surface area (Å²) in [5.41, 5.74) is -0.175. The molecule has 3 aliphatic carbocycles. The van der Waals surface area contributed by atoms with Gasteiger partial charge in [0.15, 0.2) is 6.10 Å². The molecule has 4 rings (SSSR count). The van der Waals surface area contributed by atoms with Gasteiger partial charge in [-0.1, -0.05) is 52.3 Å². The lowest BCUT2D eigenvalue weighted by atomic mass is 9.53. The molecule has 10 unspecified atom stereocenters. The molecule has 0 aromatic heterocycles. The summed E-state index contributed by atoms with van der Waals surface area (Å²) in [6, 6.07) is 0. The minimum absolute atomic E-state index is 0.0375. The quantitative estimate of drug-likeness (QED) is 0.293. The number of allylic oxidation sites excluding steroid dienone is 2. The molecule has 1 heterocycles. The second-order valence-corrected chi connectivity index (χ2v) is 14.6. The average molecular weight is 539 g/mol. The fourth-order valence-corrected chi connectivity index (χ4v) is 9.57. The molecule has 0 aromatic carbocycles. The molecule has 37 heavy (non-hydrogen) atoms. The van der Waals surface area contributed by atoms with Gasteiger partial charge >= 0.3 is 5.97 Å². The number of carbonyl (C=O) groups is 1. The summed E-state index contributed by atoms with van der Waals surface area (Å²) >= 11 is 0. The van der Waals surface area contributed by atoms with Crippen LogP contribution in [0.4, 0.5) is 0 Å². The first-order valence-electron chi connectivity index (χ1n) is 14.0. The molecular formula is C29H46O7S. The first-order valence-corrected chi connectivity index (χ1v) is 15.6. The van der Waals surface area contributed by atoms with Crippen LogP contribution in [-0.2, 0) is 23.8 Å². The van der Waals surface area contributed by atoms with Crippen molar-refractivity contribution in [3.8, 4) is 0 Å². The first kappa shape index (κ1) is 28.8. The van der Waals surface area contributed by atoms with Crippen molar-refractivity contribution in [2.75, 3.05) is 5.75 Å². The highest BCUT2D eigenvalue weighted by atomic mass is 32.2. The second kappa shape index (κ2) is 10.1. The normalized spacial score (nSPS) is 44.3. The van der Waals surface area contributed by atoms with E-state index < -0.39 is 39.8 Å². The highest BCUT2D eigenvalue weighted by Crippen LogP contribution is 2.63. The Morgan fingerprint density at radius 3 is 2.54 bits per heavy atom. The van der Waals surface area contributed by atoms with Gasteiger partial charge in [-0.2, -0.15) is 8.42 Å². The number of fused-ring (bicyclic) bond motifs is 3. The molecule has 1 saturated heterocycles. The van der Waals surface area contributed by atoms with Crippen LogP contribution in [0.2, 0.25) is 0 Å². The molecule has 7 nitrogen and oxygen atoms in total. The number of cyclic esters (lactones) is 1. The number of aliphatic hydroxyl groups excluding tert-OH is 1. The molecule has 3 fully saturated rings. The van der Waals surface area contributed by atoms with E-state index in [4.69, 9.17) is 8.92 Å². The molecule has 0 spiro atoms. The molecule has 2 saturated carbocycles. The standard InChI is InChI=1S/C29H46O7S/c1-8-9-12-37(33,34)36-24-15-28(7)14-21-17(4)10-11-22-19(6)35-27(31)26(30)29(22,32)18(5)20(21)13-23(28)25(24)16(2)3/h10,16,19-26,30,32H,5,8-9,11-15H2,1-4,6-7H3. The predicted molar refractivity (Wildman–Crippen MR) is 142 cm³/mol. The number of rotatable bonds is 6. The van der Waals surface area contributed by atoms with Crippen LogP contribution in [0.15, 0.2) is 23.8 Å². The Morgan fingerprint density at radius 2 is 1.92 bits per heavy atom. The molecular weight excluding hydrogens is 492 g/mol. The topological polar surface area (TPSA) is 110 Å². The van der Waals surface area contributed by atoms with Crippen molar-refractivity contribution < 1.29 is 32.3 Å². The maximum atomic E-state index is 12.8. The molecule has 2 N–H and O–H groups in total. The van der Waals surface area contributed by atoms with Crippen molar-refractivity contribution in [3.63, 3.8) is 0 Å². The van der Waals surface area contributed by atoms with Crippen LogP contribution < -0.4 is 0 Å². The van der Waals surface area contributed by atoms with Gasteiger partial charge in [0.1, 0.15) is 11.7 Å². The number of hydrogen-bond donors (Lipinski definition) is 2. The number of aliphatic hydroxyl groups is 2. The van der Waals surface area contributed by atoms with E-state index in [0.29, 0.717) is 31.3 Å². The van der Waals surface area contributed by atoms with Gasteiger partial charge in [0.2, 0.25) is 0 Å². The van der Waals surface area contributed by atoms with Crippen LogP contribution >= 0.6 is 0 Å². The van der Waals surface area contributed by atoms with Gasteiger partial charge in [0.25, 0.3) is 10.1 Å². The third kappa shape index (κ3) is 4.85. The smallest absolute Gasteiger partial charge is 0.338 e. The maximum absolute atomic E-state index is 12.8. The average Bonchev–Trinajstić information content (AvgIpc) is 3.09. The summed E-state index contributed by atoms with van der Waals surface area (Å²) in [4.78, 5) is 12.5. The van der Waals surface area contributed by atoms with Crippen LogP contribution in [0.1, 0.15) is 80.1 Å². The Kier molecular flexibility index (Phi) is 7.83. The number of esters is 1. The highest BCUT2D eigenvalue weighted by molar-refractivity contribution is 7.86. The Balaban J connectivity index is 1.71. The maximum Gasteiger partial charge on any atom is 0.338 e. The molecule has 1 aliphatic heterocycles. The number of unbranched alkanes of at least 4 members (excludes halogenated alkanes) is 1. The zero-order chi connectivity index (χ0) is 27.5. The van der Waals surface area contributed by atoms with Gasteiger partial charge < -0.3 is 14.9 Å². The third-order valence-electron chi connectivity index (χ3n) is 10.2. The van der Waals surface area contributed by atoms with Crippen molar-refractivity contribution in [3.05, 3.63) is 23.8 Å². The molecule has 0 aromatic rings. The first-order chi connectivity index (χ1) is 17.2. The minimum atomic E-state index is -3.62. The summed E-state index contributed by atoms with van der Waals surface area (Å²) < 4.78 is 36.9. The van der Waals surface area contributed by atoms with Gasteiger partial charge in [-0.15, -0.1) is 0 Å². The van der Waals surface area contributed by atoms with Crippen LogP contribution in [-0.4, -0.2) is 54.3 Å². The van der Waals surface area contributed by atoms with Gasteiger partial charge in [-0.05, 0) is 86.5 Å². The summed E-state index contributed by atoms with van der Waals surface area (Å²) in [6.45, 7) is 16.7. The van der Waals surface area contributed by atoms with Crippen molar-refractivity contribution in [2.24, 2.45) is 40.9 Å². The minimum Gasteiger partial charge on any atom is -0.460 e. The summed E-state index contributed by atoms with van der Waals surface area (Å²) in [7, 11) is -3.62. The lowest BCUT2D eigenvalue weighted by Crippen LogP contribution is -2.63. The Bertz CT molecular complexity index is 1050. The zero-order valence-corrected chi connectivity index (χ0v) is 24.1. The Hall–Kier alpha value is -1.22. The molecule has 8 heteroatoms. The van der Waals surface area contributed by atoms with Crippen molar-refractivity contribution in [1.82, 2.24) is 0 Å². The van der Waals surface area contributed by atoms with Crippen LogP contribution in [0.5, 0.6) is 0 Å². The molecule has 4 aliphatic rings. The van der Waals surface area contributed by atoms with E-state index in [-0.39, 0.29) is 46.9 Å². The summed E-state index contributed by atoms with van der Waals surface area (Å²) in [5.74, 6) is -0.907.